The first-order chi connectivity index (χ1) is 12.8. The van der Waals surface area contributed by atoms with Crippen LogP contribution >= 0.6 is 0 Å². The molecular weight excluding hydrogens is 324 g/mol. The molecule has 0 aliphatic carbocycles. The predicted octanol–water partition coefficient (Wildman–Crippen LogP) is 1.97. The highest BCUT2D eigenvalue weighted by Crippen LogP contribution is 2.22. The number of nitrogens with zero attached hydrogens (tertiary/aromatic N) is 5. The minimum Gasteiger partial charge on any atom is -0.354 e. The van der Waals surface area contributed by atoms with Gasteiger partial charge in [-0.3, -0.25) is 9.88 Å². The van der Waals surface area contributed by atoms with Gasteiger partial charge in [-0.2, -0.15) is 0 Å². The second kappa shape index (κ2) is 8.10. The van der Waals surface area contributed by atoms with Crippen molar-refractivity contribution in [1.29, 1.82) is 0 Å². The van der Waals surface area contributed by atoms with Crippen LogP contribution in [0.4, 0.5) is 5.82 Å². The average molecular weight is 352 g/mol. The quantitative estimate of drug-likeness (QED) is 0.908. The summed E-state index contributed by atoms with van der Waals surface area (Å²) in [4.78, 5) is 18.7. The third kappa shape index (κ3) is 4.19. The summed E-state index contributed by atoms with van der Waals surface area (Å²) in [5.74, 6) is 2.69. The maximum Gasteiger partial charge on any atom is 0.133 e. The maximum atomic E-state index is 4.68. The lowest BCUT2D eigenvalue weighted by atomic mass is 9.97. The van der Waals surface area contributed by atoms with Crippen LogP contribution in [-0.2, 0) is 0 Å². The topological polar surface area (TPSA) is 57.2 Å². The molecule has 0 aromatic carbocycles. The van der Waals surface area contributed by atoms with Crippen molar-refractivity contribution in [2.24, 2.45) is 5.92 Å². The number of rotatable bonds is 4. The van der Waals surface area contributed by atoms with E-state index in [1.807, 2.05) is 31.3 Å². The Morgan fingerprint density at radius 3 is 2.58 bits per heavy atom. The molecule has 138 valence electrons. The first-order valence-electron chi connectivity index (χ1n) is 9.73. The molecule has 0 spiro atoms. The Bertz CT molecular complexity index is 705. The highest BCUT2D eigenvalue weighted by atomic mass is 15.3. The molecule has 26 heavy (non-hydrogen) atoms. The van der Waals surface area contributed by atoms with Crippen LogP contribution in [0.2, 0.25) is 0 Å². The van der Waals surface area contributed by atoms with Crippen LogP contribution in [0, 0.1) is 12.8 Å². The molecule has 2 aromatic heterocycles. The summed E-state index contributed by atoms with van der Waals surface area (Å²) in [5, 5.41) is 3.46. The van der Waals surface area contributed by atoms with Crippen molar-refractivity contribution >= 4 is 5.82 Å². The summed E-state index contributed by atoms with van der Waals surface area (Å²) in [6.45, 7) is 9.87. The SMILES string of the molecule is Cc1nc(-c2ccccn2)cc(N2CCN(CC3CCNCC3)CC2)n1. The average Bonchev–Trinajstić information content (AvgIpc) is 2.70. The molecule has 0 radical (unpaired) electrons. The standard InChI is InChI=1S/C20H28N6/c1-16-23-19(18-4-2-3-7-22-18)14-20(24-16)26-12-10-25(11-13-26)15-17-5-8-21-9-6-17/h2-4,7,14,17,21H,5-6,8-13,15H2,1H3. The number of anilines is 1. The largest absolute Gasteiger partial charge is 0.354 e. The van der Waals surface area contributed by atoms with E-state index in [1.54, 1.807) is 0 Å². The Morgan fingerprint density at radius 1 is 1.04 bits per heavy atom. The van der Waals surface area contributed by atoms with Crippen molar-refractivity contribution in [3.05, 3.63) is 36.3 Å². The van der Waals surface area contributed by atoms with Gasteiger partial charge < -0.3 is 10.2 Å². The van der Waals surface area contributed by atoms with Gasteiger partial charge in [0, 0.05) is 45.0 Å². The summed E-state index contributed by atoms with van der Waals surface area (Å²) < 4.78 is 0. The number of aromatic nitrogens is 3. The third-order valence-corrected chi connectivity index (χ3v) is 5.42. The van der Waals surface area contributed by atoms with Gasteiger partial charge in [-0.1, -0.05) is 6.07 Å². The van der Waals surface area contributed by atoms with Crippen molar-refractivity contribution in [3.63, 3.8) is 0 Å². The minimum absolute atomic E-state index is 0.806. The van der Waals surface area contributed by atoms with E-state index in [9.17, 15) is 0 Å². The number of piperidine rings is 1. The molecular formula is C20H28N6. The van der Waals surface area contributed by atoms with E-state index < -0.39 is 0 Å². The normalized spacial score (nSPS) is 19.7. The predicted molar refractivity (Wildman–Crippen MR) is 104 cm³/mol. The summed E-state index contributed by atoms with van der Waals surface area (Å²) in [6, 6.07) is 8.01. The Hall–Kier alpha value is -2.05. The van der Waals surface area contributed by atoms with Crippen LogP contribution in [-0.4, -0.2) is 65.7 Å². The van der Waals surface area contributed by atoms with Gasteiger partial charge in [0.05, 0.1) is 11.4 Å². The Labute approximate surface area is 155 Å². The summed E-state index contributed by atoms with van der Waals surface area (Å²) >= 11 is 0. The van der Waals surface area contributed by atoms with Crippen molar-refractivity contribution in [3.8, 4) is 11.4 Å². The van der Waals surface area contributed by atoms with E-state index in [-0.39, 0.29) is 0 Å². The van der Waals surface area contributed by atoms with Crippen LogP contribution in [0.1, 0.15) is 18.7 Å². The molecule has 4 rings (SSSR count). The van der Waals surface area contributed by atoms with Crippen LogP contribution < -0.4 is 10.2 Å². The van der Waals surface area contributed by atoms with E-state index >= 15 is 0 Å². The van der Waals surface area contributed by atoms with Gasteiger partial charge in [-0.15, -0.1) is 0 Å². The van der Waals surface area contributed by atoms with Gasteiger partial charge in [0.2, 0.25) is 0 Å². The maximum absolute atomic E-state index is 4.68. The number of nitrogens with one attached hydrogen (secondary N) is 1. The van der Waals surface area contributed by atoms with E-state index in [0.717, 1.165) is 55.1 Å². The highest BCUT2D eigenvalue weighted by Gasteiger charge is 2.22. The molecule has 0 bridgehead atoms. The van der Waals surface area contributed by atoms with E-state index in [0.29, 0.717) is 0 Å². The zero-order valence-electron chi connectivity index (χ0n) is 15.6. The van der Waals surface area contributed by atoms with Crippen LogP contribution in [0.25, 0.3) is 11.4 Å². The second-order valence-corrected chi connectivity index (χ2v) is 7.35. The lowest BCUT2D eigenvalue weighted by molar-refractivity contribution is 0.196. The molecule has 0 unspecified atom stereocenters. The molecule has 2 saturated heterocycles. The Morgan fingerprint density at radius 2 is 1.85 bits per heavy atom. The molecule has 1 N–H and O–H groups in total. The number of aryl methyl sites for hydroxylation is 1. The fourth-order valence-corrected chi connectivity index (χ4v) is 3.95. The summed E-state index contributed by atoms with van der Waals surface area (Å²) in [6.07, 6.45) is 4.45. The van der Waals surface area contributed by atoms with Crippen LogP contribution in [0.5, 0.6) is 0 Å². The molecule has 2 aliphatic rings. The molecule has 2 aromatic rings. The molecule has 0 saturated carbocycles. The molecule has 6 heteroatoms. The lowest BCUT2D eigenvalue weighted by Gasteiger charge is -2.38. The van der Waals surface area contributed by atoms with Crippen molar-refractivity contribution < 1.29 is 0 Å². The van der Waals surface area contributed by atoms with Gasteiger partial charge in [0.15, 0.2) is 0 Å². The van der Waals surface area contributed by atoms with Gasteiger partial charge in [-0.25, -0.2) is 9.97 Å². The summed E-state index contributed by atoms with van der Waals surface area (Å²) in [7, 11) is 0. The second-order valence-electron chi connectivity index (χ2n) is 7.35. The van der Waals surface area contributed by atoms with Crippen molar-refractivity contribution in [2.45, 2.75) is 19.8 Å². The minimum atomic E-state index is 0.806. The molecule has 6 nitrogen and oxygen atoms in total. The van der Waals surface area contributed by atoms with Gasteiger partial charge in [0.1, 0.15) is 11.6 Å². The van der Waals surface area contributed by atoms with Crippen LogP contribution in [0.15, 0.2) is 30.5 Å². The molecule has 0 atom stereocenters. The number of hydrogen-bond donors (Lipinski definition) is 1. The van der Waals surface area contributed by atoms with Crippen molar-refractivity contribution in [1.82, 2.24) is 25.2 Å². The van der Waals surface area contributed by atoms with Gasteiger partial charge in [-0.05, 0) is 50.9 Å². The monoisotopic (exact) mass is 352 g/mol. The first-order valence-corrected chi connectivity index (χ1v) is 9.73. The Balaban J connectivity index is 1.40. The van der Waals surface area contributed by atoms with Gasteiger partial charge >= 0.3 is 0 Å². The van der Waals surface area contributed by atoms with E-state index in [1.165, 1.54) is 32.5 Å². The van der Waals surface area contributed by atoms with E-state index in [4.69, 9.17) is 0 Å². The van der Waals surface area contributed by atoms with Crippen molar-refractivity contribution in [2.75, 3.05) is 50.7 Å². The number of hydrogen-bond acceptors (Lipinski definition) is 6. The smallest absolute Gasteiger partial charge is 0.133 e. The molecule has 4 heterocycles. The number of piperazine rings is 1. The third-order valence-electron chi connectivity index (χ3n) is 5.42. The number of pyridine rings is 1. The molecule has 2 fully saturated rings. The summed E-state index contributed by atoms with van der Waals surface area (Å²) in [5.41, 5.74) is 1.81. The first kappa shape index (κ1) is 17.4. The molecule has 0 amide bonds. The fraction of sp³-hybridized carbons (Fsp3) is 0.550. The van der Waals surface area contributed by atoms with Gasteiger partial charge in [0.25, 0.3) is 0 Å². The lowest BCUT2D eigenvalue weighted by Crippen LogP contribution is -2.49. The van der Waals surface area contributed by atoms with E-state index in [2.05, 4.69) is 36.1 Å². The zero-order valence-corrected chi connectivity index (χ0v) is 15.6. The fourth-order valence-electron chi connectivity index (χ4n) is 3.95. The Kier molecular flexibility index (Phi) is 5.41. The molecule has 2 aliphatic heterocycles. The highest BCUT2D eigenvalue weighted by molar-refractivity contribution is 5.59. The van der Waals surface area contributed by atoms with Crippen LogP contribution in [0.3, 0.4) is 0 Å². The zero-order chi connectivity index (χ0) is 17.8.